The van der Waals surface area contributed by atoms with Crippen molar-refractivity contribution >= 4 is 5.69 Å². The van der Waals surface area contributed by atoms with E-state index in [0.29, 0.717) is 6.61 Å². The number of hydrogen-bond acceptors (Lipinski definition) is 3. The highest BCUT2D eigenvalue weighted by atomic mass is 16.5. The number of nitrogens with zero attached hydrogens (tertiary/aromatic N) is 2. The zero-order valence-corrected chi connectivity index (χ0v) is 10.1. The van der Waals surface area contributed by atoms with Gasteiger partial charge in [0, 0.05) is 36.9 Å². The summed E-state index contributed by atoms with van der Waals surface area (Å²) < 4.78 is 7.08. The number of imidazole rings is 1. The molecular weight excluding hydrogens is 214 g/mol. The van der Waals surface area contributed by atoms with Crippen molar-refractivity contribution in [2.75, 3.05) is 19.0 Å². The number of nitrogens with one attached hydrogen (secondary N) is 1. The van der Waals surface area contributed by atoms with Gasteiger partial charge in [0.05, 0.1) is 12.9 Å². The molecule has 0 fully saturated rings. The second-order valence-corrected chi connectivity index (χ2v) is 4.02. The molecule has 0 amide bonds. The zero-order chi connectivity index (χ0) is 12.1. The number of ether oxygens (including phenoxy) is 1. The number of aromatic nitrogens is 2. The smallest absolute Gasteiger partial charge is 0.0991 e. The van der Waals surface area contributed by atoms with Crippen LogP contribution >= 0.6 is 0 Å². The quantitative estimate of drug-likeness (QED) is 0.858. The average molecular weight is 231 g/mol. The van der Waals surface area contributed by atoms with Crippen molar-refractivity contribution in [1.82, 2.24) is 9.55 Å². The van der Waals surface area contributed by atoms with Crippen molar-refractivity contribution < 1.29 is 4.74 Å². The summed E-state index contributed by atoms with van der Waals surface area (Å²) in [7, 11) is 1.71. The van der Waals surface area contributed by atoms with Crippen LogP contribution in [0, 0.1) is 0 Å². The lowest BCUT2D eigenvalue weighted by Gasteiger charge is -2.15. The first-order valence-electron chi connectivity index (χ1n) is 5.63. The van der Waals surface area contributed by atoms with Gasteiger partial charge < -0.3 is 14.6 Å². The Labute approximate surface area is 101 Å². The summed E-state index contributed by atoms with van der Waals surface area (Å²) in [5, 5.41) is 3.39. The van der Waals surface area contributed by atoms with Gasteiger partial charge in [-0.1, -0.05) is 6.07 Å². The standard InChI is InChI=1S/C13H17N3O/c1-11(9-17-2)15-12-4-3-5-13(8-12)16-7-6-14-10-16/h3-8,10-11,15H,9H2,1-2H3. The van der Waals surface area contributed by atoms with Crippen LogP contribution < -0.4 is 5.32 Å². The fourth-order valence-corrected chi connectivity index (χ4v) is 1.74. The van der Waals surface area contributed by atoms with E-state index in [1.54, 1.807) is 19.6 Å². The minimum atomic E-state index is 0.290. The van der Waals surface area contributed by atoms with Crippen LogP contribution in [-0.2, 0) is 4.74 Å². The van der Waals surface area contributed by atoms with Gasteiger partial charge in [-0.3, -0.25) is 0 Å². The molecule has 90 valence electrons. The number of benzene rings is 1. The van der Waals surface area contributed by atoms with E-state index in [4.69, 9.17) is 4.74 Å². The molecule has 1 heterocycles. The molecule has 0 aliphatic rings. The maximum atomic E-state index is 5.10. The third-order valence-electron chi connectivity index (χ3n) is 2.48. The molecule has 1 unspecified atom stereocenters. The van der Waals surface area contributed by atoms with Crippen molar-refractivity contribution in [3.05, 3.63) is 43.0 Å². The maximum absolute atomic E-state index is 5.10. The first kappa shape index (κ1) is 11.7. The van der Waals surface area contributed by atoms with Crippen LogP contribution in [0.4, 0.5) is 5.69 Å². The highest BCUT2D eigenvalue weighted by Gasteiger charge is 2.02. The van der Waals surface area contributed by atoms with Gasteiger partial charge in [0.1, 0.15) is 0 Å². The molecular formula is C13H17N3O. The second kappa shape index (κ2) is 5.50. The predicted molar refractivity (Wildman–Crippen MR) is 68.5 cm³/mol. The van der Waals surface area contributed by atoms with Gasteiger partial charge in [-0.15, -0.1) is 0 Å². The molecule has 1 atom stereocenters. The normalized spacial score (nSPS) is 12.4. The Morgan fingerprint density at radius 3 is 3.06 bits per heavy atom. The Balaban J connectivity index is 2.12. The summed E-state index contributed by atoms with van der Waals surface area (Å²) in [4.78, 5) is 4.04. The van der Waals surface area contributed by atoms with Gasteiger partial charge in [-0.25, -0.2) is 4.98 Å². The van der Waals surface area contributed by atoms with E-state index >= 15 is 0 Å². The zero-order valence-electron chi connectivity index (χ0n) is 10.1. The minimum Gasteiger partial charge on any atom is -0.383 e. The van der Waals surface area contributed by atoms with Crippen LogP contribution in [0.15, 0.2) is 43.0 Å². The van der Waals surface area contributed by atoms with Crippen LogP contribution in [0.25, 0.3) is 5.69 Å². The monoisotopic (exact) mass is 231 g/mol. The fraction of sp³-hybridized carbons (Fsp3) is 0.308. The predicted octanol–water partition coefficient (Wildman–Crippen LogP) is 2.32. The summed E-state index contributed by atoms with van der Waals surface area (Å²) in [6.45, 7) is 2.78. The Morgan fingerprint density at radius 2 is 2.35 bits per heavy atom. The van der Waals surface area contributed by atoms with Crippen molar-refractivity contribution in [3.8, 4) is 5.69 Å². The summed E-state index contributed by atoms with van der Waals surface area (Å²) in [5.41, 5.74) is 2.18. The molecule has 0 aliphatic carbocycles. The Hall–Kier alpha value is -1.81. The van der Waals surface area contributed by atoms with Crippen LogP contribution in [0.5, 0.6) is 0 Å². The summed E-state index contributed by atoms with van der Waals surface area (Å²) in [5.74, 6) is 0. The molecule has 0 aliphatic heterocycles. The van der Waals surface area contributed by atoms with E-state index < -0.39 is 0 Å². The van der Waals surface area contributed by atoms with Crippen molar-refractivity contribution in [2.45, 2.75) is 13.0 Å². The van der Waals surface area contributed by atoms with Crippen LogP contribution in [0.2, 0.25) is 0 Å². The molecule has 4 nitrogen and oxygen atoms in total. The molecule has 17 heavy (non-hydrogen) atoms. The van der Waals surface area contributed by atoms with Gasteiger partial charge in [0.15, 0.2) is 0 Å². The van der Waals surface area contributed by atoms with Gasteiger partial charge in [0.25, 0.3) is 0 Å². The molecule has 0 saturated heterocycles. The van der Waals surface area contributed by atoms with Crippen LogP contribution in [-0.4, -0.2) is 29.3 Å². The first-order valence-corrected chi connectivity index (χ1v) is 5.63. The lowest BCUT2D eigenvalue weighted by Crippen LogP contribution is -2.20. The van der Waals surface area contributed by atoms with Gasteiger partial charge in [-0.05, 0) is 25.1 Å². The third kappa shape index (κ3) is 3.07. The first-order chi connectivity index (χ1) is 8.29. The van der Waals surface area contributed by atoms with Crippen LogP contribution in [0.3, 0.4) is 0 Å². The molecule has 1 aromatic heterocycles. The lowest BCUT2D eigenvalue weighted by atomic mass is 10.2. The summed E-state index contributed by atoms with van der Waals surface area (Å²) in [6.07, 6.45) is 5.49. The van der Waals surface area contributed by atoms with Gasteiger partial charge in [-0.2, -0.15) is 0 Å². The molecule has 0 saturated carbocycles. The SMILES string of the molecule is COCC(C)Nc1cccc(-n2ccnc2)c1. The van der Waals surface area contributed by atoms with Crippen LogP contribution in [0.1, 0.15) is 6.92 Å². The largest absolute Gasteiger partial charge is 0.383 e. The van der Waals surface area contributed by atoms with E-state index in [1.807, 2.05) is 29.0 Å². The highest BCUT2D eigenvalue weighted by Crippen LogP contribution is 2.15. The fourth-order valence-electron chi connectivity index (χ4n) is 1.74. The Morgan fingerprint density at radius 1 is 1.47 bits per heavy atom. The molecule has 1 N–H and O–H groups in total. The van der Waals surface area contributed by atoms with E-state index in [0.717, 1.165) is 11.4 Å². The average Bonchev–Trinajstić information content (AvgIpc) is 2.83. The summed E-state index contributed by atoms with van der Waals surface area (Å²) in [6, 6.07) is 8.50. The summed E-state index contributed by atoms with van der Waals surface area (Å²) >= 11 is 0. The Bertz CT molecular complexity index is 453. The maximum Gasteiger partial charge on any atom is 0.0991 e. The molecule has 0 bridgehead atoms. The molecule has 2 aromatic rings. The van der Waals surface area contributed by atoms with Gasteiger partial charge >= 0.3 is 0 Å². The number of rotatable bonds is 5. The molecule has 0 spiro atoms. The van der Waals surface area contributed by atoms with Crippen molar-refractivity contribution in [1.29, 1.82) is 0 Å². The number of hydrogen-bond donors (Lipinski definition) is 1. The minimum absolute atomic E-state index is 0.290. The van der Waals surface area contributed by atoms with E-state index in [9.17, 15) is 0 Å². The van der Waals surface area contributed by atoms with Crippen molar-refractivity contribution in [2.24, 2.45) is 0 Å². The van der Waals surface area contributed by atoms with Crippen molar-refractivity contribution in [3.63, 3.8) is 0 Å². The third-order valence-corrected chi connectivity index (χ3v) is 2.48. The highest BCUT2D eigenvalue weighted by molar-refractivity contribution is 5.51. The Kier molecular flexibility index (Phi) is 3.77. The number of anilines is 1. The van der Waals surface area contributed by atoms with E-state index in [1.165, 1.54) is 0 Å². The molecule has 0 radical (unpaired) electrons. The van der Waals surface area contributed by atoms with Gasteiger partial charge in [0.2, 0.25) is 0 Å². The molecule has 1 aromatic carbocycles. The van der Waals surface area contributed by atoms with E-state index in [2.05, 4.69) is 23.3 Å². The molecule has 4 heteroatoms. The van der Waals surface area contributed by atoms with E-state index in [-0.39, 0.29) is 6.04 Å². The number of methoxy groups -OCH3 is 1. The topological polar surface area (TPSA) is 39.1 Å². The lowest BCUT2D eigenvalue weighted by molar-refractivity contribution is 0.190. The second-order valence-electron chi connectivity index (χ2n) is 4.02. The molecule has 2 rings (SSSR count).